The van der Waals surface area contributed by atoms with Crippen LogP contribution < -0.4 is 4.90 Å². The maximum Gasteiger partial charge on any atom is 0.227 e. The van der Waals surface area contributed by atoms with Crippen LogP contribution >= 0.6 is 0 Å². The molecule has 0 aliphatic carbocycles. The predicted molar refractivity (Wildman–Crippen MR) is 61.8 cm³/mol. The van der Waals surface area contributed by atoms with Crippen LogP contribution in [0, 0.1) is 18.7 Å². The summed E-state index contributed by atoms with van der Waals surface area (Å²) in [6.07, 6.45) is 2.26. The molecule has 1 aromatic rings. The zero-order valence-corrected chi connectivity index (χ0v) is 9.24. The molecule has 1 aromatic carbocycles. The molecule has 0 spiro atoms. The van der Waals surface area contributed by atoms with Crippen LogP contribution in [0.4, 0.5) is 10.1 Å². The Hall–Kier alpha value is -1.64. The summed E-state index contributed by atoms with van der Waals surface area (Å²) in [6.45, 7) is 6.17. The number of rotatable bonds is 2. The second kappa shape index (κ2) is 4.08. The molecule has 0 N–H and O–H groups in total. The Morgan fingerprint density at radius 1 is 1.56 bits per heavy atom. The number of carbonyl (C=O) groups excluding carboxylic acids is 1. The molecule has 0 radical (unpaired) electrons. The fraction of sp³-hybridized carbons (Fsp3) is 0.308. The first-order valence-corrected chi connectivity index (χ1v) is 5.31. The fourth-order valence-corrected chi connectivity index (χ4v) is 2.00. The normalized spacial score (nSPS) is 20.2. The van der Waals surface area contributed by atoms with Crippen LogP contribution in [0.5, 0.6) is 0 Å². The van der Waals surface area contributed by atoms with Gasteiger partial charge in [0, 0.05) is 24.6 Å². The molecule has 1 heterocycles. The second-order valence-corrected chi connectivity index (χ2v) is 4.14. The quantitative estimate of drug-likeness (QED) is 0.700. The Morgan fingerprint density at radius 3 is 2.94 bits per heavy atom. The standard InChI is InChI=1S/C13H14FNO/c1-3-10-6-13(16)15(8-10)12-7-11(14)5-4-9(12)2/h3-5,7,10H,1,6,8H2,2H3. The molecular formula is C13H14FNO. The average Bonchev–Trinajstić information content (AvgIpc) is 2.63. The molecule has 2 nitrogen and oxygen atoms in total. The second-order valence-electron chi connectivity index (χ2n) is 4.14. The van der Waals surface area contributed by atoms with Crippen molar-refractivity contribution in [2.75, 3.05) is 11.4 Å². The summed E-state index contributed by atoms with van der Waals surface area (Å²) < 4.78 is 13.1. The van der Waals surface area contributed by atoms with E-state index in [1.54, 1.807) is 17.0 Å². The lowest BCUT2D eigenvalue weighted by atomic mass is 10.1. The number of anilines is 1. The number of nitrogens with zero attached hydrogens (tertiary/aromatic N) is 1. The number of aryl methyl sites for hydroxylation is 1. The van der Waals surface area contributed by atoms with Crippen LogP contribution in [0.15, 0.2) is 30.9 Å². The Bertz CT molecular complexity index is 442. The van der Waals surface area contributed by atoms with Gasteiger partial charge in [0.1, 0.15) is 5.82 Å². The van der Waals surface area contributed by atoms with Gasteiger partial charge in [0.2, 0.25) is 5.91 Å². The third kappa shape index (κ3) is 1.85. The van der Waals surface area contributed by atoms with Gasteiger partial charge in [-0.05, 0) is 24.6 Å². The minimum Gasteiger partial charge on any atom is -0.311 e. The van der Waals surface area contributed by atoms with Crippen LogP contribution in [0.2, 0.25) is 0 Å². The van der Waals surface area contributed by atoms with Gasteiger partial charge in [-0.15, -0.1) is 6.58 Å². The van der Waals surface area contributed by atoms with Gasteiger partial charge >= 0.3 is 0 Å². The van der Waals surface area contributed by atoms with Gasteiger partial charge in [-0.3, -0.25) is 4.79 Å². The molecule has 1 fully saturated rings. The van der Waals surface area contributed by atoms with Crippen molar-refractivity contribution >= 4 is 11.6 Å². The molecule has 0 saturated carbocycles. The Kier molecular flexibility index (Phi) is 2.77. The van der Waals surface area contributed by atoms with Crippen molar-refractivity contribution in [2.24, 2.45) is 5.92 Å². The maximum absolute atomic E-state index is 13.1. The molecule has 2 rings (SSSR count). The van der Waals surface area contributed by atoms with E-state index < -0.39 is 0 Å². The minimum absolute atomic E-state index is 0.0404. The van der Waals surface area contributed by atoms with Crippen molar-refractivity contribution in [3.8, 4) is 0 Å². The lowest BCUT2D eigenvalue weighted by Gasteiger charge is -2.18. The third-order valence-electron chi connectivity index (χ3n) is 2.95. The lowest BCUT2D eigenvalue weighted by Crippen LogP contribution is -2.25. The molecule has 1 aliphatic heterocycles. The summed E-state index contributed by atoms with van der Waals surface area (Å²) in [6, 6.07) is 4.52. The van der Waals surface area contributed by atoms with E-state index in [0.29, 0.717) is 18.7 Å². The van der Waals surface area contributed by atoms with E-state index in [1.807, 2.05) is 6.92 Å². The van der Waals surface area contributed by atoms with Crippen molar-refractivity contribution in [3.63, 3.8) is 0 Å². The third-order valence-corrected chi connectivity index (χ3v) is 2.95. The summed E-state index contributed by atoms with van der Waals surface area (Å²) in [5.74, 6) is -0.0933. The predicted octanol–water partition coefficient (Wildman–Crippen LogP) is 2.67. The highest BCUT2D eigenvalue weighted by atomic mass is 19.1. The van der Waals surface area contributed by atoms with E-state index in [-0.39, 0.29) is 17.6 Å². The summed E-state index contributed by atoms with van der Waals surface area (Å²) >= 11 is 0. The van der Waals surface area contributed by atoms with Gasteiger partial charge in [0.05, 0.1) is 0 Å². The Morgan fingerprint density at radius 2 is 2.31 bits per heavy atom. The first-order chi connectivity index (χ1) is 7.61. The van der Waals surface area contributed by atoms with Crippen LogP contribution in [-0.4, -0.2) is 12.5 Å². The molecule has 0 bridgehead atoms. The number of amides is 1. The fourth-order valence-electron chi connectivity index (χ4n) is 2.00. The highest BCUT2D eigenvalue weighted by molar-refractivity contribution is 5.96. The maximum atomic E-state index is 13.1. The van der Waals surface area contributed by atoms with Gasteiger partial charge in [-0.2, -0.15) is 0 Å². The van der Waals surface area contributed by atoms with E-state index in [0.717, 1.165) is 5.56 Å². The summed E-state index contributed by atoms with van der Waals surface area (Å²) in [5.41, 5.74) is 1.59. The number of halogens is 1. The minimum atomic E-state index is -0.310. The van der Waals surface area contributed by atoms with E-state index >= 15 is 0 Å². The SMILES string of the molecule is C=CC1CC(=O)N(c2cc(F)ccc2C)C1. The molecule has 84 valence electrons. The first kappa shape index (κ1) is 10.9. The molecule has 1 amide bonds. The van der Waals surface area contributed by atoms with Crippen LogP contribution in [0.3, 0.4) is 0 Å². The summed E-state index contributed by atoms with van der Waals surface area (Å²) in [7, 11) is 0. The largest absolute Gasteiger partial charge is 0.311 e. The smallest absolute Gasteiger partial charge is 0.227 e. The lowest BCUT2D eigenvalue weighted by molar-refractivity contribution is -0.117. The topological polar surface area (TPSA) is 20.3 Å². The van der Waals surface area contributed by atoms with Crippen LogP contribution in [0.25, 0.3) is 0 Å². The number of hydrogen-bond donors (Lipinski definition) is 0. The average molecular weight is 219 g/mol. The molecule has 1 unspecified atom stereocenters. The molecule has 16 heavy (non-hydrogen) atoms. The summed E-state index contributed by atoms with van der Waals surface area (Å²) in [4.78, 5) is 13.4. The van der Waals surface area contributed by atoms with Crippen molar-refractivity contribution in [3.05, 3.63) is 42.2 Å². The monoisotopic (exact) mass is 219 g/mol. The molecule has 1 aliphatic rings. The van der Waals surface area contributed by atoms with Crippen molar-refractivity contribution in [1.29, 1.82) is 0 Å². The number of carbonyl (C=O) groups is 1. The zero-order chi connectivity index (χ0) is 11.7. The highest BCUT2D eigenvalue weighted by Crippen LogP contribution is 2.28. The van der Waals surface area contributed by atoms with Crippen molar-refractivity contribution in [1.82, 2.24) is 0 Å². The molecule has 3 heteroatoms. The first-order valence-electron chi connectivity index (χ1n) is 5.31. The number of benzene rings is 1. The zero-order valence-electron chi connectivity index (χ0n) is 9.24. The molecule has 1 atom stereocenters. The van der Waals surface area contributed by atoms with Gasteiger partial charge in [-0.1, -0.05) is 12.1 Å². The molecule has 0 aromatic heterocycles. The van der Waals surface area contributed by atoms with E-state index in [1.165, 1.54) is 12.1 Å². The van der Waals surface area contributed by atoms with E-state index in [4.69, 9.17) is 0 Å². The van der Waals surface area contributed by atoms with Gasteiger partial charge in [0.15, 0.2) is 0 Å². The van der Waals surface area contributed by atoms with Gasteiger partial charge in [0.25, 0.3) is 0 Å². The molecular weight excluding hydrogens is 205 g/mol. The van der Waals surface area contributed by atoms with Crippen molar-refractivity contribution < 1.29 is 9.18 Å². The van der Waals surface area contributed by atoms with E-state index in [9.17, 15) is 9.18 Å². The van der Waals surface area contributed by atoms with Gasteiger partial charge < -0.3 is 4.90 Å². The van der Waals surface area contributed by atoms with Crippen molar-refractivity contribution in [2.45, 2.75) is 13.3 Å². The number of hydrogen-bond acceptors (Lipinski definition) is 1. The highest BCUT2D eigenvalue weighted by Gasteiger charge is 2.29. The Balaban J connectivity index is 2.34. The van der Waals surface area contributed by atoms with Gasteiger partial charge in [-0.25, -0.2) is 4.39 Å². The van der Waals surface area contributed by atoms with Crippen LogP contribution in [-0.2, 0) is 4.79 Å². The Labute approximate surface area is 94.4 Å². The van der Waals surface area contributed by atoms with E-state index in [2.05, 4.69) is 6.58 Å². The van der Waals surface area contributed by atoms with Crippen LogP contribution in [0.1, 0.15) is 12.0 Å². The summed E-state index contributed by atoms with van der Waals surface area (Å²) in [5, 5.41) is 0. The molecule has 1 saturated heterocycles.